The highest BCUT2D eigenvalue weighted by Crippen LogP contribution is 2.35. The van der Waals surface area contributed by atoms with Gasteiger partial charge in [-0.15, -0.1) is 0 Å². The summed E-state index contributed by atoms with van der Waals surface area (Å²) in [5.41, 5.74) is 5.26. The Bertz CT molecular complexity index is 724. The van der Waals surface area contributed by atoms with Crippen molar-refractivity contribution in [3.05, 3.63) is 46.1 Å². The second kappa shape index (κ2) is 7.02. The van der Waals surface area contributed by atoms with E-state index in [-0.39, 0.29) is 0 Å². The maximum absolute atomic E-state index is 6.01. The van der Waals surface area contributed by atoms with E-state index in [2.05, 4.69) is 28.2 Å². The molecule has 1 fully saturated rings. The summed E-state index contributed by atoms with van der Waals surface area (Å²) in [7, 11) is 0. The van der Waals surface area contributed by atoms with Crippen LogP contribution in [0.5, 0.6) is 0 Å². The Labute approximate surface area is 148 Å². The molecule has 0 radical (unpaired) electrons. The first-order valence-corrected chi connectivity index (χ1v) is 9.48. The van der Waals surface area contributed by atoms with Crippen molar-refractivity contribution < 1.29 is 0 Å². The molecule has 1 aromatic carbocycles. The molecular formula is C20H24ClN3. The number of anilines is 1. The van der Waals surface area contributed by atoms with Crippen LogP contribution in [0.1, 0.15) is 55.3 Å². The fourth-order valence-electron chi connectivity index (χ4n) is 3.87. The van der Waals surface area contributed by atoms with Crippen LogP contribution in [-0.2, 0) is 6.42 Å². The summed E-state index contributed by atoms with van der Waals surface area (Å²) in [6.07, 6.45) is 10.9. The zero-order chi connectivity index (χ0) is 16.4. The summed E-state index contributed by atoms with van der Waals surface area (Å²) < 4.78 is 0. The average molecular weight is 342 g/mol. The number of piperidine rings is 1. The molecule has 4 rings (SSSR count). The minimum Gasteiger partial charge on any atom is -0.355 e. The molecule has 3 nitrogen and oxygen atoms in total. The zero-order valence-electron chi connectivity index (χ0n) is 14.0. The van der Waals surface area contributed by atoms with E-state index in [4.69, 9.17) is 16.7 Å². The molecule has 1 N–H and O–H groups in total. The number of benzene rings is 1. The molecular weight excluding hydrogens is 318 g/mol. The topological polar surface area (TPSA) is 31.9 Å². The first kappa shape index (κ1) is 15.8. The number of aromatic nitrogens is 2. The molecule has 1 saturated heterocycles. The van der Waals surface area contributed by atoms with Gasteiger partial charge in [-0.2, -0.15) is 5.10 Å². The highest BCUT2D eigenvalue weighted by molar-refractivity contribution is 6.30. The fourth-order valence-corrected chi connectivity index (χ4v) is 4.00. The Morgan fingerprint density at radius 2 is 1.71 bits per heavy atom. The smallest absolute Gasteiger partial charge is 0.154 e. The van der Waals surface area contributed by atoms with E-state index < -0.39 is 0 Å². The minimum atomic E-state index is 0.785. The third-order valence-corrected chi connectivity index (χ3v) is 5.41. The van der Waals surface area contributed by atoms with Gasteiger partial charge < -0.3 is 4.90 Å². The first-order valence-electron chi connectivity index (χ1n) is 9.10. The van der Waals surface area contributed by atoms with Crippen LogP contribution in [0.15, 0.2) is 24.3 Å². The van der Waals surface area contributed by atoms with Crippen molar-refractivity contribution in [2.45, 2.75) is 44.9 Å². The summed E-state index contributed by atoms with van der Waals surface area (Å²) in [5, 5.41) is 8.85. The SMILES string of the molecule is Clc1ccc(/C=C2\CCCCc3c(N4CCCCC4)n[nH]c32)cc1. The van der Waals surface area contributed by atoms with Crippen molar-refractivity contribution in [3.8, 4) is 0 Å². The number of allylic oxidation sites excluding steroid dienone is 1. The number of rotatable bonds is 2. The lowest BCUT2D eigenvalue weighted by Gasteiger charge is -2.27. The molecule has 24 heavy (non-hydrogen) atoms. The van der Waals surface area contributed by atoms with Crippen LogP contribution in [0, 0.1) is 0 Å². The van der Waals surface area contributed by atoms with Crippen LogP contribution in [0.4, 0.5) is 5.82 Å². The largest absolute Gasteiger partial charge is 0.355 e. The summed E-state index contributed by atoms with van der Waals surface area (Å²) in [6.45, 7) is 2.29. The maximum atomic E-state index is 6.01. The van der Waals surface area contributed by atoms with E-state index in [1.54, 1.807) is 0 Å². The van der Waals surface area contributed by atoms with Crippen molar-refractivity contribution >= 4 is 29.1 Å². The van der Waals surface area contributed by atoms with Gasteiger partial charge in [0.15, 0.2) is 5.82 Å². The molecule has 0 spiro atoms. The number of nitrogens with one attached hydrogen (secondary N) is 1. The third-order valence-electron chi connectivity index (χ3n) is 5.16. The van der Waals surface area contributed by atoms with Gasteiger partial charge in [0.1, 0.15) is 0 Å². The van der Waals surface area contributed by atoms with E-state index in [1.807, 2.05) is 12.1 Å². The molecule has 0 unspecified atom stereocenters. The van der Waals surface area contributed by atoms with Crippen molar-refractivity contribution in [3.63, 3.8) is 0 Å². The van der Waals surface area contributed by atoms with E-state index in [0.717, 1.165) is 31.0 Å². The van der Waals surface area contributed by atoms with E-state index >= 15 is 0 Å². The second-order valence-electron chi connectivity index (χ2n) is 6.88. The highest BCUT2D eigenvalue weighted by atomic mass is 35.5. The Balaban J connectivity index is 1.69. The van der Waals surface area contributed by atoms with Gasteiger partial charge in [-0.05, 0) is 74.3 Å². The predicted octanol–water partition coefficient (Wildman–Crippen LogP) is 5.32. The molecule has 4 heteroatoms. The van der Waals surface area contributed by atoms with Gasteiger partial charge >= 0.3 is 0 Å². The zero-order valence-corrected chi connectivity index (χ0v) is 14.8. The van der Waals surface area contributed by atoms with Crippen molar-refractivity contribution in [1.82, 2.24) is 10.2 Å². The molecule has 2 aliphatic rings. The Morgan fingerprint density at radius 3 is 2.50 bits per heavy atom. The molecule has 0 atom stereocenters. The van der Waals surface area contributed by atoms with Crippen LogP contribution in [0.2, 0.25) is 5.02 Å². The Morgan fingerprint density at radius 1 is 0.958 bits per heavy atom. The summed E-state index contributed by atoms with van der Waals surface area (Å²) >= 11 is 6.01. The monoisotopic (exact) mass is 341 g/mol. The van der Waals surface area contributed by atoms with Crippen molar-refractivity contribution in [1.29, 1.82) is 0 Å². The quantitative estimate of drug-likeness (QED) is 0.749. The lowest BCUT2D eigenvalue weighted by molar-refractivity contribution is 0.571. The van der Waals surface area contributed by atoms with Crippen LogP contribution in [-0.4, -0.2) is 23.3 Å². The number of nitrogens with zero attached hydrogens (tertiary/aromatic N) is 2. The molecule has 0 bridgehead atoms. The predicted molar refractivity (Wildman–Crippen MR) is 102 cm³/mol. The van der Waals surface area contributed by atoms with Gasteiger partial charge in [0.25, 0.3) is 0 Å². The molecule has 2 aromatic rings. The summed E-state index contributed by atoms with van der Waals surface area (Å²) in [6, 6.07) is 8.08. The average Bonchev–Trinajstić information content (AvgIpc) is 2.94. The Kier molecular flexibility index (Phi) is 4.61. The number of hydrogen-bond donors (Lipinski definition) is 1. The molecule has 0 saturated carbocycles. The van der Waals surface area contributed by atoms with E-state index in [1.165, 1.54) is 60.3 Å². The van der Waals surface area contributed by atoms with Crippen LogP contribution in [0.25, 0.3) is 11.6 Å². The first-order chi connectivity index (χ1) is 11.8. The number of H-pyrrole nitrogens is 1. The second-order valence-corrected chi connectivity index (χ2v) is 7.31. The molecule has 0 amide bonds. The normalized spacial score (nSPS) is 20.0. The van der Waals surface area contributed by atoms with Gasteiger partial charge in [-0.3, -0.25) is 5.10 Å². The van der Waals surface area contributed by atoms with Gasteiger partial charge in [0.05, 0.1) is 5.69 Å². The van der Waals surface area contributed by atoms with Crippen molar-refractivity contribution in [2.24, 2.45) is 0 Å². The lowest BCUT2D eigenvalue weighted by Crippen LogP contribution is -2.30. The van der Waals surface area contributed by atoms with Crippen LogP contribution >= 0.6 is 11.6 Å². The highest BCUT2D eigenvalue weighted by Gasteiger charge is 2.23. The molecule has 1 aliphatic carbocycles. The van der Waals surface area contributed by atoms with Crippen LogP contribution in [0.3, 0.4) is 0 Å². The number of fused-ring (bicyclic) bond motifs is 1. The molecule has 126 valence electrons. The third kappa shape index (κ3) is 3.23. The molecule has 1 aromatic heterocycles. The van der Waals surface area contributed by atoms with Crippen molar-refractivity contribution in [2.75, 3.05) is 18.0 Å². The molecule has 2 heterocycles. The maximum Gasteiger partial charge on any atom is 0.154 e. The number of aromatic amines is 1. The Hall–Kier alpha value is -1.74. The van der Waals surface area contributed by atoms with E-state index in [0.29, 0.717) is 0 Å². The van der Waals surface area contributed by atoms with Gasteiger partial charge in [0, 0.05) is 23.7 Å². The number of halogens is 1. The molecule has 1 aliphatic heterocycles. The minimum absolute atomic E-state index is 0.785. The lowest BCUT2D eigenvalue weighted by atomic mass is 10.0. The number of hydrogen-bond acceptors (Lipinski definition) is 2. The summed E-state index contributed by atoms with van der Waals surface area (Å²) in [4.78, 5) is 2.48. The summed E-state index contributed by atoms with van der Waals surface area (Å²) in [5.74, 6) is 1.20. The van der Waals surface area contributed by atoms with Gasteiger partial charge in [-0.25, -0.2) is 0 Å². The van der Waals surface area contributed by atoms with E-state index in [9.17, 15) is 0 Å². The van der Waals surface area contributed by atoms with Gasteiger partial charge in [-0.1, -0.05) is 23.7 Å². The standard InChI is InChI=1S/C20H24ClN3/c21-17-10-8-15(9-11-17)14-16-6-2-3-7-18-19(16)22-23-20(18)24-12-4-1-5-13-24/h8-11,14H,1-7,12-13H2,(H,22,23)/b16-14+. The van der Waals surface area contributed by atoms with Gasteiger partial charge in [0.2, 0.25) is 0 Å². The fraction of sp³-hybridized carbons (Fsp3) is 0.450. The van der Waals surface area contributed by atoms with Crippen LogP contribution < -0.4 is 4.90 Å².